The zero-order chi connectivity index (χ0) is 10.6. The van der Waals surface area contributed by atoms with Crippen molar-refractivity contribution in [2.24, 2.45) is 0 Å². The van der Waals surface area contributed by atoms with Crippen LogP contribution < -0.4 is 0 Å². The predicted molar refractivity (Wildman–Crippen MR) is 49.0 cm³/mol. The minimum absolute atomic E-state index is 0.149. The Morgan fingerprint density at radius 3 is 2.50 bits per heavy atom. The summed E-state index contributed by atoms with van der Waals surface area (Å²) >= 11 is 0. The van der Waals surface area contributed by atoms with E-state index in [9.17, 15) is 5.11 Å². The molecule has 1 aliphatic rings. The van der Waals surface area contributed by atoms with Gasteiger partial charge in [-0.3, -0.25) is 0 Å². The first-order valence-electron chi connectivity index (χ1n) is 4.61. The molecule has 14 heavy (non-hydrogen) atoms. The van der Waals surface area contributed by atoms with E-state index in [2.05, 4.69) is 0 Å². The molecule has 0 bridgehead atoms. The Bertz CT molecular complexity index is 163. The summed E-state index contributed by atoms with van der Waals surface area (Å²) in [4.78, 5) is 0. The highest BCUT2D eigenvalue weighted by Crippen LogP contribution is 2.23. The quantitative estimate of drug-likeness (QED) is 0.688. The second-order valence-electron chi connectivity index (χ2n) is 3.29. The lowest BCUT2D eigenvalue weighted by atomic mass is 10.0. The van der Waals surface area contributed by atoms with Gasteiger partial charge < -0.3 is 24.1 Å². The van der Waals surface area contributed by atoms with E-state index in [-0.39, 0.29) is 18.3 Å². The monoisotopic (exact) mass is 206 g/mol. The highest BCUT2D eigenvalue weighted by Gasteiger charge is 2.38. The molecular formula is C9H18O5. The first kappa shape index (κ1) is 11.9. The zero-order valence-corrected chi connectivity index (χ0v) is 8.80. The van der Waals surface area contributed by atoms with E-state index in [1.165, 1.54) is 0 Å². The van der Waals surface area contributed by atoms with Crippen LogP contribution in [-0.4, -0.2) is 57.6 Å². The molecule has 1 saturated heterocycles. The fourth-order valence-corrected chi connectivity index (χ4v) is 1.74. The van der Waals surface area contributed by atoms with E-state index in [1.54, 1.807) is 21.3 Å². The second-order valence-corrected chi connectivity index (χ2v) is 3.29. The van der Waals surface area contributed by atoms with Gasteiger partial charge in [-0.1, -0.05) is 0 Å². The van der Waals surface area contributed by atoms with E-state index in [4.69, 9.17) is 18.9 Å². The van der Waals surface area contributed by atoms with Crippen molar-refractivity contribution in [3.8, 4) is 0 Å². The van der Waals surface area contributed by atoms with Gasteiger partial charge in [-0.25, -0.2) is 0 Å². The average Bonchev–Trinajstić information content (AvgIpc) is 2.17. The van der Waals surface area contributed by atoms with E-state index in [0.29, 0.717) is 13.0 Å². The van der Waals surface area contributed by atoms with Crippen molar-refractivity contribution in [2.45, 2.75) is 31.0 Å². The molecule has 0 saturated carbocycles. The Balaban J connectivity index is 2.60. The molecule has 0 spiro atoms. The van der Waals surface area contributed by atoms with Crippen molar-refractivity contribution in [2.75, 3.05) is 27.9 Å². The fraction of sp³-hybridized carbons (Fsp3) is 1.00. The van der Waals surface area contributed by atoms with Crippen LogP contribution in [0.25, 0.3) is 0 Å². The van der Waals surface area contributed by atoms with Gasteiger partial charge in [0, 0.05) is 27.8 Å². The molecule has 4 atom stereocenters. The van der Waals surface area contributed by atoms with Gasteiger partial charge in [0.15, 0.2) is 6.29 Å². The molecule has 1 fully saturated rings. The van der Waals surface area contributed by atoms with Crippen molar-refractivity contribution in [3.63, 3.8) is 0 Å². The molecule has 84 valence electrons. The van der Waals surface area contributed by atoms with Crippen LogP contribution >= 0.6 is 0 Å². The summed E-state index contributed by atoms with van der Waals surface area (Å²) in [6.45, 7) is 0.384. The van der Waals surface area contributed by atoms with Gasteiger partial charge in [-0.15, -0.1) is 0 Å². The van der Waals surface area contributed by atoms with Crippen molar-refractivity contribution in [1.82, 2.24) is 0 Å². The lowest BCUT2D eigenvalue weighted by Gasteiger charge is -2.38. The van der Waals surface area contributed by atoms with Gasteiger partial charge in [0.1, 0.15) is 12.2 Å². The minimum atomic E-state index is -0.800. The van der Waals surface area contributed by atoms with E-state index < -0.39 is 6.29 Å². The SMILES string of the molecule is COC[C@H]1OC(O)C[C@@H](OC)[C@@H]1OC. The zero-order valence-electron chi connectivity index (χ0n) is 8.80. The standard InChI is InChI=1S/C9H18O5/c1-11-5-7-9(13-3)6(12-2)4-8(10)14-7/h6-10H,4-5H2,1-3H3/t6-,7-,8?,9+/m1/s1. The molecule has 0 radical (unpaired) electrons. The maximum Gasteiger partial charge on any atom is 0.157 e. The van der Waals surface area contributed by atoms with Crippen LogP contribution in [0.4, 0.5) is 0 Å². The highest BCUT2D eigenvalue weighted by molar-refractivity contribution is 4.84. The summed E-state index contributed by atoms with van der Waals surface area (Å²) in [7, 11) is 4.78. The molecule has 1 heterocycles. The van der Waals surface area contributed by atoms with Crippen LogP contribution in [0.15, 0.2) is 0 Å². The van der Waals surface area contributed by atoms with Gasteiger partial charge >= 0.3 is 0 Å². The summed E-state index contributed by atoms with van der Waals surface area (Å²) in [5.74, 6) is 0. The average molecular weight is 206 g/mol. The highest BCUT2D eigenvalue weighted by atomic mass is 16.6. The van der Waals surface area contributed by atoms with Crippen LogP contribution in [0.1, 0.15) is 6.42 Å². The van der Waals surface area contributed by atoms with Crippen LogP contribution in [0.3, 0.4) is 0 Å². The molecule has 5 heteroatoms. The number of hydrogen-bond acceptors (Lipinski definition) is 5. The first-order chi connectivity index (χ1) is 6.72. The normalized spacial score (nSPS) is 38.6. The topological polar surface area (TPSA) is 57.2 Å². The molecule has 1 unspecified atom stereocenters. The Hall–Kier alpha value is -0.200. The summed E-state index contributed by atoms with van der Waals surface area (Å²) in [5.41, 5.74) is 0. The number of aliphatic hydroxyl groups is 1. The lowest BCUT2D eigenvalue weighted by Crippen LogP contribution is -2.51. The maximum absolute atomic E-state index is 9.41. The third-order valence-electron chi connectivity index (χ3n) is 2.40. The first-order valence-corrected chi connectivity index (χ1v) is 4.61. The van der Waals surface area contributed by atoms with Gasteiger partial charge in [-0.05, 0) is 0 Å². The molecule has 0 aliphatic carbocycles. The molecule has 5 nitrogen and oxygen atoms in total. The Morgan fingerprint density at radius 1 is 1.29 bits per heavy atom. The third-order valence-corrected chi connectivity index (χ3v) is 2.40. The van der Waals surface area contributed by atoms with Gasteiger partial charge in [0.25, 0.3) is 0 Å². The summed E-state index contributed by atoms with van der Waals surface area (Å²) in [5, 5.41) is 9.41. The Labute approximate surface area is 83.9 Å². The molecule has 1 aliphatic heterocycles. The minimum Gasteiger partial charge on any atom is -0.382 e. The molecule has 0 aromatic carbocycles. The van der Waals surface area contributed by atoms with E-state index >= 15 is 0 Å². The molecule has 1 N–H and O–H groups in total. The van der Waals surface area contributed by atoms with Gasteiger partial charge in [0.2, 0.25) is 0 Å². The van der Waals surface area contributed by atoms with Crippen molar-refractivity contribution in [1.29, 1.82) is 0 Å². The maximum atomic E-state index is 9.41. The summed E-state index contributed by atoms with van der Waals surface area (Å²) in [6.07, 6.45) is -0.993. The van der Waals surface area contributed by atoms with Crippen LogP contribution in [0, 0.1) is 0 Å². The second kappa shape index (κ2) is 5.63. The van der Waals surface area contributed by atoms with Gasteiger partial charge in [-0.2, -0.15) is 0 Å². The lowest BCUT2D eigenvalue weighted by molar-refractivity contribution is -0.250. The van der Waals surface area contributed by atoms with Crippen molar-refractivity contribution in [3.05, 3.63) is 0 Å². The number of rotatable bonds is 4. The van der Waals surface area contributed by atoms with Crippen molar-refractivity contribution < 1.29 is 24.1 Å². The number of hydrogen-bond donors (Lipinski definition) is 1. The van der Waals surface area contributed by atoms with Crippen molar-refractivity contribution >= 4 is 0 Å². The number of aliphatic hydroxyl groups excluding tert-OH is 1. The Morgan fingerprint density at radius 2 is 2.00 bits per heavy atom. The summed E-state index contributed by atoms with van der Waals surface area (Å²) in [6, 6.07) is 0. The predicted octanol–water partition coefficient (Wildman–Crippen LogP) is -0.230. The smallest absolute Gasteiger partial charge is 0.157 e. The molecule has 0 aromatic heterocycles. The Kier molecular flexibility index (Phi) is 4.77. The van der Waals surface area contributed by atoms with Crippen LogP contribution in [0.5, 0.6) is 0 Å². The molecule has 0 aromatic rings. The number of ether oxygens (including phenoxy) is 4. The largest absolute Gasteiger partial charge is 0.382 e. The van der Waals surface area contributed by atoms with Crippen LogP contribution in [0.2, 0.25) is 0 Å². The summed E-state index contributed by atoms with van der Waals surface area (Å²) < 4.78 is 20.8. The van der Waals surface area contributed by atoms with Gasteiger partial charge in [0.05, 0.1) is 12.7 Å². The molecule has 0 amide bonds. The van der Waals surface area contributed by atoms with E-state index in [1.807, 2.05) is 0 Å². The molecule has 1 rings (SSSR count). The van der Waals surface area contributed by atoms with E-state index in [0.717, 1.165) is 0 Å². The third kappa shape index (κ3) is 2.65. The number of methoxy groups -OCH3 is 3. The fourth-order valence-electron chi connectivity index (χ4n) is 1.74. The van der Waals surface area contributed by atoms with Crippen LogP contribution in [-0.2, 0) is 18.9 Å². The molecular weight excluding hydrogens is 188 g/mol.